The number of hydrogen-bond donors (Lipinski definition) is 2. The van der Waals surface area contributed by atoms with E-state index in [0.29, 0.717) is 6.42 Å². The molecule has 0 bridgehead atoms. The minimum absolute atomic E-state index is 0.317. The Kier molecular flexibility index (Phi) is 9.05. The minimum atomic E-state index is -0.317. The van der Waals surface area contributed by atoms with Crippen LogP contribution in [0.5, 0.6) is 0 Å². The number of anilines is 1. The van der Waals surface area contributed by atoms with E-state index >= 15 is 0 Å². The Morgan fingerprint density at radius 2 is 1.59 bits per heavy atom. The fourth-order valence-electron chi connectivity index (χ4n) is 2.91. The molecule has 0 unspecified atom stereocenters. The van der Waals surface area contributed by atoms with Crippen LogP contribution in [0.1, 0.15) is 38.5 Å². The van der Waals surface area contributed by atoms with E-state index in [1.54, 1.807) is 5.48 Å². The highest BCUT2D eigenvalue weighted by Gasteiger charge is 2.21. The normalized spacial score (nSPS) is 11.2. The maximum atomic E-state index is 11.0. The average Bonchev–Trinajstić information content (AvgIpc) is 3.03. The van der Waals surface area contributed by atoms with Crippen LogP contribution < -0.4 is 10.4 Å². The molecule has 1 amide bonds. The number of benzene rings is 1. The van der Waals surface area contributed by atoms with E-state index in [2.05, 4.69) is 68.3 Å². The first-order chi connectivity index (χ1) is 12.8. The summed E-state index contributed by atoms with van der Waals surface area (Å²) < 4.78 is 6.03. The molecule has 1 heterocycles. The molecule has 0 saturated carbocycles. The molecule has 6 nitrogen and oxygen atoms in total. The van der Waals surface area contributed by atoms with E-state index in [-0.39, 0.29) is 5.91 Å². The molecule has 0 aliphatic rings. The van der Waals surface area contributed by atoms with Crippen molar-refractivity contribution in [2.45, 2.75) is 45.1 Å². The molecular weight excluding hydrogens is 612 g/mol. The number of nitrogens with zero attached hydrogens (tertiary/aromatic N) is 3. The Labute approximate surface area is 192 Å². The zero-order valence-electron chi connectivity index (χ0n) is 15.2. The van der Waals surface area contributed by atoms with Gasteiger partial charge >= 0.3 is 0 Å². The Hall–Kier alpha value is -0.160. The molecule has 1 aromatic heterocycles. The lowest BCUT2D eigenvalue weighted by Crippen LogP contribution is -2.17. The summed E-state index contributed by atoms with van der Waals surface area (Å²) in [4.78, 5) is 17.8. The van der Waals surface area contributed by atoms with Crippen LogP contribution in [0, 0.1) is 0 Å². The number of hydroxylamine groups is 1. The number of unbranched alkanes of at least 4 members (excludes halogenated alkanes) is 4. The fourth-order valence-corrected chi connectivity index (χ4v) is 5.29. The molecular formula is C17H22Br4N4O2. The molecule has 2 rings (SSSR count). The highest BCUT2D eigenvalue weighted by molar-refractivity contribution is 9.15. The van der Waals surface area contributed by atoms with Gasteiger partial charge in [-0.05, 0) is 76.6 Å². The third kappa shape index (κ3) is 5.46. The Morgan fingerprint density at radius 3 is 2.22 bits per heavy atom. The molecule has 0 aliphatic heterocycles. The molecule has 2 aromatic rings. The van der Waals surface area contributed by atoms with Crippen LogP contribution in [0.3, 0.4) is 0 Å². The molecule has 150 valence electrons. The summed E-state index contributed by atoms with van der Waals surface area (Å²) in [6.45, 7) is 0.861. The SMILES string of the molecule is CN(C)c1nc2c(Br)c(Br)c(Br)c(Br)c2n1CCCCCCCC(=O)NO. The number of aryl methyl sites for hydroxylation is 1. The van der Waals surface area contributed by atoms with Crippen LogP contribution >= 0.6 is 63.7 Å². The van der Waals surface area contributed by atoms with Crippen molar-refractivity contribution in [1.29, 1.82) is 0 Å². The van der Waals surface area contributed by atoms with Gasteiger partial charge in [-0.3, -0.25) is 10.0 Å². The molecule has 1 aromatic carbocycles. The lowest BCUT2D eigenvalue weighted by molar-refractivity contribution is -0.129. The second-order valence-electron chi connectivity index (χ2n) is 6.46. The van der Waals surface area contributed by atoms with Crippen LogP contribution in [0.4, 0.5) is 5.95 Å². The standard InChI is InChI=1S/C17H22Br4N4O2/c1-24(2)17-22-15-13(20)11(18)12(19)14(21)16(15)25(17)9-7-5-3-4-6-8-10(26)23-27/h27H,3-9H2,1-2H3,(H,23,26). The summed E-state index contributed by atoms with van der Waals surface area (Å²) >= 11 is 14.6. The van der Waals surface area contributed by atoms with Crippen molar-refractivity contribution in [2.75, 3.05) is 19.0 Å². The van der Waals surface area contributed by atoms with Crippen molar-refractivity contribution in [3.05, 3.63) is 17.9 Å². The summed E-state index contributed by atoms with van der Waals surface area (Å²) in [5.74, 6) is 0.596. The molecule has 0 spiro atoms. The van der Waals surface area contributed by atoms with Gasteiger partial charge in [0.05, 0.1) is 14.5 Å². The fraction of sp³-hybridized carbons (Fsp3) is 0.529. The topological polar surface area (TPSA) is 70.4 Å². The van der Waals surface area contributed by atoms with Crippen molar-refractivity contribution in [3.8, 4) is 0 Å². The third-order valence-electron chi connectivity index (χ3n) is 4.25. The summed E-state index contributed by atoms with van der Waals surface area (Å²) in [7, 11) is 3.99. The number of rotatable bonds is 9. The monoisotopic (exact) mass is 630 g/mol. The molecule has 0 aliphatic carbocycles. The molecule has 0 fully saturated rings. The minimum Gasteiger partial charge on any atom is -0.348 e. The summed E-state index contributed by atoms with van der Waals surface area (Å²) in [6.07, 6.45) is 5.30. The highest BCUT2D eigenvalue weighted by atomic mass is 79.9. The van der Waals surface area contributed by atoms with Crippen molar-refractivity contribution >= 4 is 86.6 Å². The number of fused-ring (bicyclic) bond motifs is 1. The van der Waals surface area contributed by atoms with Gasteiger partial charge in [-0.1, -0.05) is 19.3 Å². The van der Waals surface area contributed by atoms with Crippen LogP contribution in [0.2, 0.25) is 0 Å². The van der Waals surface area contributed by atoms with Crippen molar-refractivity contribution in [1.82, 2.24) is 15.0 Å². The third-order valence-corrected chi connectivity index (χ3v) is 8.98. The van der Waals surface area contributed by atoms with E-state index in [0.717, 1.165) is 73.5 Å². The largest absolute Gasteiger partial charge is 0.348 e. The maximum absolute atomic E-state index is 11.0. The average molecular weight is 634 g/mol. The van der Waals surface area contributed by atoms with E-state index in [9.17, 15) is 4.79 Å². The second kappa shape index (κ2) is 10.6. The van der Waals surface area contributed by atoms with E-state index < -0.39 is 0 Å². The lowest BCUT2D eigenvalue weighted by Gasteiger charge is -2.16. The van der Waals surface area contributed by atoms with Gasteiger partial charge in [-0.2, -0.15) is 0 Å². The van der Waals surface area contributed by atoms with Gasteiger partial charge in [0.25, 0.3) is 0 Å². The van der Waals surface area contributed by atoms with Gasteiger partial charge in [0.2, 0.25) is 11.9 Å². The number of aromatic nitrogens is 2. The molecule has 0 atom stereocenters. The quantitative estimate of drug-likeness (QED) is 0.117. The zero-order chi connectivity index (χ0) is 20.1. The number of nitrogens with one attached hydrogen (secondary N) is 1. The van der Waals surface area contributed by atoms with Gasteiger partial charge in [0.1, 0.15) is 5.52 Å². The number of amides is 1. The van der Waals surface area contributed by atoms with Gasteiger partial charge < -0.3 is 9.47 Å². The smallest absolute Gasteiger partial charge is 0.243 e. The summed E-state index contributed by atoms with van der Waals surface area (Å²) in [5.41, 5.74) is 3.64. The predicted octanol–water partition coefficient (Wildman–Crippen LogP) is 6.00. The summed E-state index contributed by atoms with van der Waals surface area (Å²) in [6, 6.07) is 0. The zero-order valence-corrected chi connectivity index (χ0v) is 21.5. The van der Waals surface area contributed by atoms with Crippen molar-refractivity contribution in [3.63, 3.8) is 0 Å². The van der Waals surface area contributed by atoms with E-state index in [1.807, 2.05) is 19.0 Å². The Morgan fingerprint density at radius 1 is 1.00 bits per heavy atom. The number of hydrogen-bond acceptors (Lipinski definition) is 4. The van der Waals surface area contributed by atoms with Gasteiger partial charge in [0.15, 0.2) is 0 Å². The van der Waals surface area contributed by atoms with Gasteiger partial charge in [-0.15, -0.1) is 0 Å². The molecule has 0 radical (unpaired) electrons. The first kappa shape index (κ1) is 23.1. The summed E-state index contributed by atoms with van der Waals surface area (Å²) in [5, 5.41) is 8.49. The predicted molar refractivity (Wildman–Crippen MR) is 122 cm³/mol. The Balaban J connectivity index is 2.11. The second-order valence-corrected chi connectivity index (χ2v) is 9.64. The molecule has 0 saturated heterocycles. The molecule has 10 heteroatoms. The molecule has 2 N–H and O–H groups in total. The Bertz CT molecular complexity index is 823. The van der Waals surface area contributed by atoms with Gasteiger partial charge in [-0.25, -0.2) is 10.5 Å². The number of carbonyl (C=O) groups excluding carboxylic acids is 1. The van der Waals surface area contributed by atoms with Crippen LogP contribution in [-0.4, -0.2) is 34.8 Å². The van der Waals surface area contributed by atoms with E-state index in [1.165, 1.54) is 0 Å². The highest BCUT2D eigenvalue weighted by Crippen LogP contribution is 2.44. The van der Waals surface area contributed by atoms with Crippen molar-refractivity contribution < 1.29 is 10.0 Å². The van der Waals surface area contributed by atoms with Crippen LogP contribution in [-0.2, 0) is 11.3 Å². The number of halogens is 4. The van der Waals surface area contributed by atoms with Crippen LogP contribution in [0.25, 0.3) is 11.0 Å². The first-order valence-electron chi connectivity index (χ1n) is 8.62. The van der Waals surface area contributed by atoms with Crippen LogP contribution in [0.15, 0.2) is 17.9 Å². The van der Waals surface area contributed by atoms with E-state index in [4.69, 9.17) is 10.2 Å². The number of imidazole rings is 1. The maximum Gasteiger partial charge on any atom is 0.243 e. The lowest BCUT2D eigenvalue weighted by atomic mass is 10.1. The molecule has 27 heavy (non-hydrogen) atoms. The first-order valence-corrected chi connectivity index (χ1v) is 11.8. The number of carbonyl (C=O) groups is 1. The van der Waals surface area contributed by atoms with Gasteiger partial charge in [0, 0.05) is 36.0 Å². The van der Waals surface area contributed by atoms with Crippen molar-refractivity contribution in [2.24, 2.45) is 0 Å².